The van der Waals surface area contributed by atoms with Gasteiger partial charge in [-0.25, -0.2) is 23.4 Å². The van der Waals surface area contributed by atoms with E-state index in [2.05, 4.69) is 31.6 Å². The van der Waals surface area contributed by atoms with Gasteiger partial charge in [-0.1, -0.05) is 30.3 Å². The Hall–Kier alpha value is -3.69. The van der Waals surface area contributed by atoms with Gasteiger partial charge in [0, 0.05) is 33.3 Å². The largest absolute Gasteiger partial charge is 0.480 e. The van der Waals surface area contributed by atoms with Crippen LogP contribution < -0.4 is 14.8 Å². The minimum Gasteiger partial charge on any atom is -0.480 e. The van der Waals surface area contributed by atoms with Crippen LogP contribution >= 0.6 is 11.6 Å². The smallest absolute Gasteiger partial charge is 0.254 e. The van der Waals surface area contributed by atoms with Crippen LogP contribution in [0.4, 0.5) is 17.2 Å². The summed E-state index contributed by atoms with van der Waals surface area (Å²) in [6.45, 7) is 3.31. The van der Waals surface area contributed by atoms with Gasteiger partial charge in [-0.05, 0) is 42.0 Å². The second-order valence-electron chi connectivity index (χ2n) is 6.68. The molecule has 4 aromatic rings. The Morgan fingerprint density at radius 2 is 1.91 bits per heavy atom. The average molecular weight is 468 g/mol. The van der Waals surface area contributed by atoms with Crippen molar-refractivity contribution in [2.24, 2.45) is 0 Å². The first-order valence-electron chi connectivity index (χ1n) is 9.35. The molecule has 2 aromatic carbocycles. The summed E-state index contributed by atoms with van der Waals surface area (Å²) >= 11 is 6.09. The Morgan fingerprint density at radius 1 is 1.06 bits per heavy atom. The summed E-state index contributed by atoms with van der Waals surface area (Å²) in [5.74, 6) is 0.750. The van der Waals surface area contributed by atoms with Crippen molar-refractivity contribution < 1.29 is 13.2 Å². The molecular weight excluding hydrogens is 450 g/mol. The van der Waals surface area contributed by atoms with Crippen LogP contribution in [0.15, 0.2) is 73.0 Å². The van der Waals surface area contributed by atoms with Crippen LogP contribution in [0.5, 0.6) is 5.88 Å². The number of pyridine rings is 1. The lowest BCUT2D eigenvalue weighted by atomic mass is 10.0. The van der Waals surface area contributed by atoms with Crippen molar-refractivity contribution >= 4 is 49.7 Å². The Morgan fingerprint density at radius 3 is 2.66 bits per heavy atom. The molecule has 4 rings (SSSR count). The topological polar surface area (TPSA) is 106 Å². The minimum absolute atomic E-state index is 0.145. The minimum atomic E-state index is -3.73. The van der Waals surface area contributed by atoms with Gasteiger partial charge < -0.3 is 10.1 Å². The number of methoxy groups -OCH3 is 1. The van der Waals surface area contributed by atoms with E-state index in [1.807, 2.05) is 30.3 Å². The molecule has 162 valence electrons. The number of aromatic nitrogens is 3. The maximum absolute atomic E-state index is 12.0. The lowest BCUT2D eigenvalue weighted by Gasteiger charge is -2.12. The first kappa shape index (κ1) is 21.5. The molecule has 8 nitrogen and oxygen atoms in total. The van der Waals surface area contributed by atoms with E-state index in [-0.39, 0.29) is 11.6 Å². The summed E-state index contributed by atoms with van der Waals surface area (Å²) in [5.41, 5.74) is 3.19. The molecule has 0 saturated heterocycles. The molecule has 0 aliphatic heterocycles. The molecule has 0 atom stereocenters. The third kappa shape index (κ3) is 4.63. The highest BCUT2D eigenvalue weighted by molar-refractivity contribution is 7.95. The summed E-state index contributed by atoms with van der Waals surface area (Å²) in [7, 11) is -2.32. The first-order valence-corrected chi connectivity index (χ1v) is 11.3. The van der Waals surface area contributed by atoms with Crippen molar-refractivity contribution in [2.75, 3.05) is 17.1 Å². The molecule has 0 unspecified atom stereocenters. The van der Waals surface area contributed by atoms with E-state index in [1.54, 1.807) is 24.4 Å². The molecular formula is C22H18ClN5O3S. The SMILES string of the molecule is C=CS(=O)(=O)Nc1cc(-c2ccc3ncnc(Nc4cccc(Cl)c4)c3c2)cnc1OC. The number of hydrogen-bond donors (Lipinski definition) is 2. The fourth-order valence-electron chi connectivity index (χ4n) is 3.08. The zero-order valence-electron chi connectivity index (χ0n) is 16.9. The fraction of sp³-hybridized carbons (Fsp3) is 0.0455. The normalized spacial score (nSPS) is 11.2. The molecule has 0 saturated carbocycles. The quantitative estimate of drug-likeness (QED) is 0.394. The lowest BCUT2D eigenvalue weighted by Crippen LogP contribution is -2.10. The van der Waals surface area contributed by atoms with Gasteiger partial charge in [0.1, 0.15) is 17.8 Å². The van der Waals surface area contributed by atoms with E-state index in [0.717, 1.165) is 27.6 Å². The zero-order chi connectivity index (χ0) is 22.7. The summed E-state index contributed by atoms with van der Waals surface area (Å²) < 4.78 is 31.5. The summed E-state index contributed by atoms with van der Waals surface area (Å²) in [6, 6.07) is 14.6. The molecule has 0 aliphatic carbocycles. The van der Waals surface area contributed by atoms with E-state index in [1.165, 1.54) is 13.4 Å². The number of hydrogen-bond acceptors (Lipinski definition) is 7. The molecule has 0 radical (unpaired) electrons. The number of anilines is 3. The highest BCUT2D eigenvalue weighted by Crippen LogP contribution is 2.32. The Labute approximate surface area is 190 Å². The van der Waals surface area contributed by atoms with E-state index in [0.29, 0.717) is 16.4 Å². The highest BCUT2D eigenvalue weighted by atomic mass is 35.5. The van der Waals surface area contributed by atoms with Crippen molar-refractivity contribution in [3.05, 3.63) is 78.1 Å². The molecule has 0 fully saturated rings. The Bertz CT molecular complexity index is 1430. The van der Waals surface area contributed by atoms with Crippen molar-refractivity contribution in [1.29, 1.82) is 0 Å². The van der Waals surface area contributed by atoms with Gasteiger partial charge in [0.05, 0.1) is 12.6 Å². The Kier molecular flexibility index (Phi) is 5.93. The van der Waals surface area contributed by atoms with Gasteiger partial charge in [-0.15, -0.1) is 0 Å². The van der Waals surface area contributed by atoms with E-state index in [9.17, 15) is 8.42 Å². The van der Waals surface area contributed by atoms with Gasteiger partial charge in [-0.3, -0.25) is 4.72 Å². The molecule has 0 bridgehead atoms. The standard InChI is InChI=1S/C22H18ClN5O3S/c1-3-32(29,30)28-20-10-15(12-24-22(20)31-2)14-7-8-19-18(9-14)21(26-13-25-19)27-17-6-4-5-16(23)11-17/h3-13,28H,1H2,2H3,(H,25,26,27). The van der Waals surface area contributed by atoms with Gasteiger partial charge in [0.15, 0.2) is 0 Å². The van der Waals surface area contributed by atoms with E-state index < -0.39 is 10.0 Å². The van der Waals surface area contributed by atoms with Gasteiger partial charge >= 0.3 is 0 Å². The van der Waals surface area contributed by atoms with Crippen molar-refractivity contribution in [2.45, 2.75) is 0 Å². The van der Waals surface area contributed by atoms with E-state index in [4.69, 9.17) is 16.3 Å². The number of benzene rings is 2. The average Bonchev–Trinajstić information content (AvgIpc) is 2.79. The molecule has 10 heteroatoms. The molecule has 0 amide bonds. The van der Waals surface area contributed by atoms with Crippen LogP contribution in [-0.4, -0.2) is 30.5 Å². The molecule has 2 aromatic heterocycles. The van der Waals surface area contributed by atoms with Gasteiger partial charge in [0.2, 0.25) is 5.88 Å². The molecule has 32 heavy (non-hydrogen) atoms. The summed E-state index contributed by atoms with van der Waals surface area (Å²) in [4.78, 5) is 12.9. The maximum Gasteiger partial charge on any atom is 0.254 e. The number of halogens is 1. The zero-order valence-corrected chi connectivity index (χ0v) is 18.5. The van der Waals surface area contributed by atoms with Crippen LogP contribution in [0.1, 0.15) is 0 Å². The first-order chi connectivity index (χ1) is 15.4. The monoisotopic (exact) mass is 467 g/mol. The predicted octanol–water partition coefficient (Wildman–Crippen LogP) is 4.98. The number of rotatable bonds is 7. The number of ether oxygens (including phenoxy) is 1. The van der Waals surface area contributed by atoms with Gasteiger partial charge in [0.25, 0.3) is 10.0 Å². The molecule has 2 N–H and O–H groups in total. The van der Waals surface area contributed by atoms with Crippen LogP contribution in [0.3, 0.4) is 0 Å². The molecule has 0 aliphatic rings. The maximum atomic E-state index is 12.0. The number of sulfonamides is 1. The second kappa shape index (κ2) is 8.81. The van der Waals surface area contributed by atoms with Crippen molar-refractivity contribution in [3.8, 4) is 17.0 Å². The van der Waals surface area contributed by atoms with Crippen LogP contribution in [0.2, 0.25) is 5.02 Å². The number of nitrogens with zero attached hydrogens (tertiary/aromatic N) is 3. The predicted molar refractivity (Wildman–Crippen MR) is 127 cm³/mol. The third-order valence-electron chi connectivity index (χ3n) is 4.57. The lowest BCUT2D eigenvalue weighted by molar-refractivity contribution is 0.400. The summed E-state index contributed by atoms with van der Waals surface area (Å²) in [6.07, 6.45) is 3.07. The van der Waals surface area contributed by atoms with E-state index >= 15 is 0 Å². The van der Waals surface area contributed by atoms with Crippen LogP contribution in [-0.2, 0) is 10.0 Å². The number of nitrogens with one attached hydrogen (secondary N) is 2. The summed E-state index contributed by atoms with van der Waals surface area (Å²) in [5, 5.41) is 5.46. The highest BCUT2D eigenvalue weighted by Gasteiger charge is 2.14. The van der Waals surface area contributed by atoms with Crippen molar-refractivity contribution in [3.63, 3.8) is 0 Å². The molecule has 0 spiro atoms. The Balaban J connectivity index is 1.77. The molecule has 2 heterocycles. The van der Waals surface area contributed by atoms with Gasteiger partial charge in [-0.2, -0.15) is 0 Å². The van der Waals surface area contributed by atoms with Crippen LogP contribution in [0.25, 0.3) is 22.0 Å². The fourth-order valence-corrected chi connectivity index (χ4v) is 3.81. The second-order valence-corrected chi connectivity index (χ2v) is 8.75. The third-order valence-corrected chi connectivity index (χ3v) is 5.75. The van der Waals surface area contributed by atoms with Crippen LogP contribution in [0, 0.1) is 0 Å². The number of fused-ring (bicyclic) bond motifs is 1. The van der Waals surface area contributed by atoms with Crippen molar-refractivity contribution in [1.82, 2.24) is 15.0 Å².